The fraction of sp³-hybridized carbons (Fsp3) is 0.345. The van der Waals surface area contributed by atoms with Crippen LogP contribution in [0.2, 0.25) is 10.0 Å². The maximum absolute atomic E-state index is 13.2. The number of carbonyl (C=O) groups is 1. The molecule has 0 saturated carbocycles. The summed E-state index contributed by atoms with van der Waals surface area (Å²) in [6, 6.07) is 10.9. The van der Waals surface area contributed by atoms with Crippen LogP contribution in [-0.2, 0) is 4.74 Å². The number of benzene rings is 2. The fourth-order valence-corrected chi connectivity index (χ4v) is 5.48. The van der Waals surface area contributed by atoms with Gasteiger partial charge in [-0.3, -0.25) is 4.79 Å². The highest BCUT2D eigenvalue weighted by atomic mass is 35.5. The van der Waals surface area contributed by atoms with Crippen LogP contribution in [0.25, 0.3) is 33.2 Å². The van der Waals surface area contributed by atoms with Gasteiger partial charge < -0.3 is 19.0 Å². The largest absolute Gasteiger partial charge is 0.453 e. The van der Waals surface area contributed by atoms with Gasteiger partial charge in [0, 0.05) is 37.4 Å². The van der Waals surface area contributed by atoms with Gasteiger partial charge in [-0.1, -0.05) is 35.3 Å². The molecule has 1 atom stereocenters. The number of aromatic nitrogens is 1. The molecular formula is C29H29Cl2N3O4. The molecule has 38 heavy (non-hydrogen) atoms. The van der Waals surface area contributed by atoms with Crippen LogP contribution >= 0.6 is 23.2 Å². The first kappa shape index (κ1) is 26.3. The number of ether oxygens (including phenoxy) is 1. The minimum absolute atomic E-state index is 0.0462. The van der Waals surface area contributed by atoms with Gasteiger partial charge in [-0.25, -0.2) is 9.78 Å². The Labute approximate surface area is 230 Å². The normalized spacial score (nSPS) is 16.3. The molecule has 1 amide bonds. The third-order valence-corrected chi connectivity index (χ3v) is 7.30. The second kappa shape index (κ2) is 9.79. The summed E-state index contributed by atoms with van der Waals surface area (Å²) in [5.41, 5.74) is 3.51. The van der Waals surface area contributed by atoms with Crippen LogP contribution in [-0.4, -0.2) is 47.3 Å². The van der Waals surface area contributed by atoms with Crippen LogP contribution in [0.5, 0.6) is 0 Å². The highest BCUT2D eigenvalue weighted by Gasteiger charge is 2.31. The Hall–Kier alpha value is -3.29. The van der Waals surface area contributed by atoms with E-state index in [9.17, 15) is 9.59 Å². The van der Waals surface area contributed by atoms with E-state index in [1.807, 2.05) is 52.8 Å². The average Bonchev–Trinajstić information content (AvgIpc) is 2.82. The Balaban J connectivity index is 1.48. The van der Waals surface area contributed by atoms with Crippen molar-refractivity contribution >= 4 is 57.1 Å². The van der Waals surface area contributed by atoms with Gasteiger partial charge in [-0.05, 0) is 70.0 Å². The SMILES string of the molecule is Cc1cnc2c(=O)c3c(Cl)cccc3oc2c1-c1ccc(N2CCN(C(=O)OC(C)(C)C)[C@@H](C)C2)c(Cl)c1. The minimum atomic E-state index is -0.542. The summed E-state index contributed by atoms with van der Waals surface area (Å²) in [6.45, 7) is 11.3. The summed E-state index contributed by atoms with van der Waals surface area (Å²) in [7, 11) is 0. The van der Waals surface area contributed by atoms with Crippen molar-refractivity contribution in [3.05, 3.63) is 68.4 Å². The second-order valence-electron chi connectivity index (χ2n) is 10.7. The van der Waals surface area contributed by atoms with Crippen LogP contribution in [0, 0.1) is 6.92 Å². The number of hydrogen-bond acceptors (Lipinski definition) is 6. The molecule has 0 unspecified atom stereocenters. The average molecular weight is 554 g/mol. The molecular weight excluding hydrogens is 525 g/mol. The summed E-state index contributed by atoms with van der Waals surface area (Å²) in [6.07, 6.45) is 1.36. The number of halogens is 2. The van der Waals surface area contributed by atoms with E-state index in [0.29, 0.717) is 46.2 Å². The number of fused-ring (bicyclic) bond motifs is 2. The zero-order valence-corrected chi connectivity index (χ0v) is 23.5. The van der Waals surface area contributed by atoms with E-state index in [2.05, 4.69) is 9.88 Å². The summed E-state index contributed by atoms with van der Waals surface area (Å²) in [5, 5.41) is 1.21. The molecule has 1 saturated heterocycles. The zero-order chi connectivity index (χ0) is 27.4. The fourth-order valence-electron chi connectivity index (χ4n) is 4.93. The Kier molecular flexibility index (Phi) is 6.78. The maximum Gasteiger partial charge on any atom is 0.410 e. The first-order valence-electron chi connectivity index (χ1n) is 12.5. The van der Waals surface area contributed by atoms with E-state index < -0.39 is 5.60 Å². The topological polar surface area (TPSA) is 75.9 Å². The van der Waals surface area contributed by atoms with Gasteiger partial charge in [0.25, 0.3) is 0 Å². The molecule has 1 aliphatic rings. The summed E-state index contributed by atoms with van der Waals surface area (Å²) >= 11 is 13.1. The first-order valence-corrected chi connectivity index (χ1v) is 13.3. The van der Waals surface area contributed by atoms with E-state index in [0.717, 1.165) is 22.4 Å². The molecule has 0 N–H and O–H groups in total. The molecule has 0 aliphatic carbocycles. The molecule has 5 rings (SSSR count). The van der Waals surface area contributed by atoms with E-state index >= 15 is 0 Å². The number of carbonyl (C=O) groups excluding carboxylic acids is 1. The molecule has 2 aromatic heterocycles. The lowest BCUT2D eigenvalue weighted by atomic mass is 9.99. The molecule has 7 nitrogen and oxygen atoms in total. The van der Waals surface area contributed by atoms with E-state index in [1.165, 1.54) is 0 Å². The number of piperazine rings is 1. The Morgan fingerprint density at radius 2 is 1.89 bits per heavy atom. The Bertz CT molecular complexity index is 1630. The van der Waals surface area contributed by atoms with E-state index in [-0.39, 0.29) is 23.1 Å². The van der Waals surface area contributed by atoms with Gasteiger partial charge in [-0.15, -0.1) is 0 Å². The molecule has 9 heteroatoms. The highest BCUT2D eigenvalue weighted by molar-refractivity contribution is 6.35. The van der Waals surface area contributed by atoms with Gasteiger partial charge in [0.1, 0.15) is 11.2 Å². The summed E-state index contributed by atoms with van der Waals surface area (Å²) in [4.78, 5) is 34.2. The van der Waals surface area contributed by atoms with Crippen LogP contribution in [0.3, 0.4) is 0 Å². The quantitative estimate of drug-likeness (QED) is 0.247. The van der Waals surface area contributed by atoms with Gasteiger partial charge in [-0.2, -0.15) is 0 Å². The Morgan fingerprint density at radius 1 is 1.13 bits per heavy atom. The third kappa shape index (κ3) is 4.81. The highest BCUT2D eigenvalue weighted by Crippen LogP contribution is 2.37. The predicted molar refractivity (Wildman–Crippen MR) is 153 cm³/mol. The summed E-state index contributed by atoms with van der Waals surface area (Å²) < 4.78 is 11.8. The van der Waals surface area contributed by atoms with Gasteiger partial charge in [0.2, 0.25) is 5.43 Å². The Morgan fingerprint density at radius 3 is 2.58 bits per heavy atom. The molecule has 1 fully saturated rings. The molecule has 198 valence electrons. The van der Waals surface area contributed by atoms with Crippen LogP contribution in [0.4, 0.5) is 10.5 Å². The van der Waals surface area contributed by atoms with Gasteiger partial charge >= 0.3 is 6.09 Å². The number of pyridine rings is 1. The number of anilines is 1. The molecule has 0 radical (unpaired) electrons. The zero-order valence-electron chi connectivity index (χ0n) is 22.0. The predicted octanol–water partition coefficient (Wildman–Crippen LogP) is 7.07. The molecule has 3 heterocycles. The van der Waals surface area contributed by atoms with Crippen molar-refractivity contribution in [2.45, 2.75) is 46.3 Å². The summed E-state index contributed by atoms with van der Waals surface area (Å²) in [5.74, 6) is 0. The lowest BCUT2D eigenvalue weighted by Gasteiger charge is -2.41. The van der Waals surface area contributed by atoms with E-state index in [4.69, 9.17) is 32.4 Å². The van der Waals surface area contributed by atoms with Crippen molar-refractivity contribution in [3.63, 3.8) is 0 Å². The minimum Gasteiger partial charge on any atom is -0.453 e. The molecule has 4 aromatic rings. The molecule has 1 aliphatic heterocycles. The lowest BCUT2D eigenvalue weighted by molar-refractivity contribution is 0.0159. The van der Waals surface area contributed by atoms with Gasteiger partial charge in [0.15, 0.2) is 11.1 Å². The van der Waals surface area contributed by atoms with Crippen molar-refractivity contribution in [2.24, 2.45) is 0 Å². The molecule has 2 aromatic carbocycles. The van der Waals surface area contributed by atoms with E-state index in [1.54, 1.807) is 29.3 Å². The monoisotopic (exact) mass is 553 g/mol. The van der Waals surface area contributed by atoms with Crippen molar-refractivity contribution in [3.8, 4) is 11.1 Å². The van der Waals surface area contributed by atoms with Crippen LogP contribution in [0.15, 0.2) is 51.8 Å². The number of aryl methyl sites for hydroxylation is 1. The smallest absolute Gasteiger partial charge is 0.410 e. The van der Waals surface area contributed by atoms with Crippen LogP contribution < -0.4 is 10.3 Å². The van der Waals surface area contributed by atoms with Crippen molar-refractivity contribution < 1.29 is 13.9 Å². The first-order chi connectivity index (χ1) is 17.9. The number of hydrogen-bond donors (Lipinski definition) is 0. The van der Waals surface area contributed by atoms with Crippen LogP contribution in [0.1, 0.15) is 33.3 Å². The third-order valence-electron chi connectivity index (χ3n) is 6.69. The number of rotatable bonds is 2. The van der Waals surface area contributed by atoms with Gasteiger partial charge in [0.05, 0.1) is 21.1 Å². The van der Waals surface area contributed by atoms with Crippen molar-refractivity contribution in [2.75, 3.05) is 24.5 Å². The lowest BCUT2D eigenvalue weighted by Crippen LogP contribution is -2.55. The molecule has 0 spiro atoms. The number of nitrogens with zero attached hydrogens (tertiary/aromatic N) is 3. The van der Waals surface area contributed by atoms with Crippen molar-refractivity contribution in [1.82, 2.24) is 9.88 Å². The standard InChI is InChI=1S/C29H29Cl2N3O4/c1-16-14-32-25-26(35)24-19(30)7-6-8-22(24)37-27(25)23(16)18-9-10-21(20(31)13-18)33-11-12-34(17(2)15-33)28(36)38-29(3,4)5/h6-10,13-14,17H,11-12,15H2,1-5H3/t17-/m0/s1. The van der Waals surface area contributed by atoms with Crippen molar-refractivity contribution in [1.29, 1.82) is 0 Å². The second-order valence-corrected chi connectivity index (χ2v) is 11.5. The maximum atomic E-state index is 13.2. The molecule has 0 bridgehead atoms. The number of amides is 1.